The Morgan fingerprint density at radius 2 is 1.91 bits per heavy atom. The third-order valence-corrected chi connectivity index (χ3v) is 4.88. The molecule has 0 unspecified atom stereocenters. The van der Waals surface area contributed by atoms with Crippen molar-refractivity contribution in [2.75, 3.05) is 23.8 Å². The number of aromatic nitrogens is 2. The number of pyridine rings is 2. The van der Waals surface area contributed by atoms with Gasteiger partial charge in [-0.2, -0.15) is 0 Å². The molecule has 0 radical (unpaired) electrons. The zero-order chi connectivity index (χ0) is 23.9. The van der Waals surface area contributed by atoms with Crippen LogP contribution < -0.4 is 20.1 Å². The molecule has 1 aliphatic heterocycles. The Bertz CT molecular complexity index is 1220. The molecule has 0 fully saturated rings. The monoisotopic (exact) mass is 454 g/mol. The number of hydrogen-bond donors (Lipinski definition) is 1. The van der Waals surface area contributed by atoms with Crippen LogP contribution >= 0.6 is 0 Å². The molecule has 1 aromatic carbocycles. The summed E-state index contributed by atoms with van der Waals surface area (Å²) >= 11 is 0. The van der Waals surface area contributed by atoms with E-state index in [1.807, 2.05) is 13.8 Å². The van der Waals surface area contributed by atoms with Gasteiger partial charge in [-0.15, -0.1) is 0 Å². The highest BCUT2D eigenvalue weighted by Gasteiger charge is 2.34. The quantitative estimate of drug-likeness (QED) is 0.598. The maximum atomic E-state index is 15.3. The maximum absolute atomic E-state index is 15.3. The van der Waals surface area contributed by atoms with Gasteiger partial charge in [0.1, 0.15) is 23.8 Å². The molecule has 0 aliphatic carbocycles. The summed E-state index contributed by atoms with van der Waals surface area (Å²) in [7, 11) is 0. The molecule has 9 heteroatoms. The molecule has 1 aliphatic rings. The second-order valence-electron chi connectivity index (χ2n) is 9.09. The minimum absolute atomic E-state index is 0.223. The lowest BCUT2D eigenvalue weighted by Crippen LogP contribution is -2.42. The predicted octanol–water partition coefficient (Wildman–Crippen LogP) is 4.94. The van der Waals surface area contributed by atoms with Crippen LogP contribution in [0.3, 0.4) is 0 Å². The zero-order valence-corrected chi connectivity index (χ0v) is 19.3. The van der Waals surface area contributed by atoms with Gasteiger partial charge in [0.25, 0.3) is 0 Å². The van der Waals surface area contributed by atoms with Crippen molar-refractivity contribution in [3.63, 3.8) is 0 Å². The zero-order valence-electron chi connectivity index (χ0n) is 19.3. The Labute approximate surface area is 191 Å². The van der Waals surface area contributed by atoms with E-state index in [0.717, 1.165) is 0 Å². The largest absolute Gasteiger partial charge is 0.488 e. The topological polar surface area (TPSA) is 99.8 Å². The lowest BCUT2D eigenvalue weighted by Gasteiger charge is -2.33. The summed E-state index contributed by atoms with van der Waals surface area (Å²) in [5.41, 5.74) is 6.09. The number of carbonyl (C=O) groups is 1. The van der Waals surface area contributed by atoms with Crippen molar-refractivity contribution in [3.8, 4) is 22.8 Å². The van der Waals surface area contributed by atoms with E-state index in [4.69, 9.17) is 19.9 Å². The lowest BCUT2D eigenvalue weighted by molar-refractivity contribution is 0.0564. The Kier molecular flexibility index (Phi) is 5.73. The van der Waals surface area contributed by atoms with E-state index in [1.165, 1.54) is 23.4 Å². The number of anilines is 2. The van der Waals surface area contributed by atoms with Crippen LogP contribution in [0.1, 0.15) is 34.6 Å². The average molecular weight is 455 g/mol. The number of fused-ring (bicyclic) bond motifs is 2. The minimum Gasteiger partial charge on any atom is -0.488 e. The van der Waals surface area contributed by atoms with Gasteiger partial charge in [-0.05, 0) is 58.2 Å². The fourth-order valence-corrected chi connectivity index (χ4v) is 3.59. The molecule has 2 N–H and O–H groups in total. The molecule has 0 spiro atoms. The molecule has 0 saturated heterocycles. The van der Waals surface area contributed by atoms with Crippen molar-refractivity contribution < 1.29 is 23.4 Å². The van der Waals surface area contributed by atoms with E-state index in [-0.39, 0.29) is 30.7 Å². The second-order valence-corrected chi connectivity index (χ2v) is 9.09. The maximum Gasteiger partial charge on any atom is 0.415 e. The molecular formula is C24H27FN4O4. The van der Waals surface area contributed by atoms with Crippen molar-refractivity contribution in [2.24, 2.45) is 0 Å². The van der Waals surface area contributed by atoms with Crippen LogP contribution in [0.2, 0.25) is 0 Å². The van der Waals surface area contributed by atoms with Crippen molar-refractivity contribution in [2.45, 2.75) is 46.3 Å². The van der Waals surface area contributed by atoms with Crippen LogP contribution in [0.15, 0.2) is 30.6 Å². The number of nitrogens with two attached hydrogens (primary N) is 1. The second kappa shape index (κ2) is 8.38. The fraction of sp³-hybridized carbons (Fsp3) is 0.375. The van der Waals surface area contributed by atoms with Crippen molar-refractivity contribution in [3.05, 3.63) is 36.4 Å². The van der Waals surface area contributed by atoms with Gasteiger partial charge < -0.3 is 19.9 Å². The SMILES string of the molecule is CC(C)Oc1c(-c2cc3cc(N)ncc3cc2F)cnc2c1N(C(=O)OC(C)(C)C)CCO2. The third kappa shape index (κ3) is 4.62. The molecule has 3 heterocycles. The number of benzene rings is 1. The number of amides is 1. The summed E-state index contributed by atoms with van der Waals surface area (Å²) in [6.07, 6.45) is 2.19. The molecule has 8 nitrogen and oxygen atoms in total. The molecule has 0 saturated carbocycles. The van der Waals surface area contributed by atoms with Crippen LogP contribution in [0.4, 0.5) is 20.7 Å². The Morgan fingerprint density at radius 3 is 2.61 bits per heavy atom. The number of halogens is 1. The molecule has 33 heavy (non-hydrogen) atoms. The van der Waals surface area contributed by atoms with Crippen LogP contribution in [0.5, 0.6) is 11.6 Å². The van der Waals surface area contributed by atoms with Gasteiger partial charge >= 0.3 is 6.09 Å². The number of hydrogen-bond acceptors (Lipinski definition) is 7. The molecule has 2 aromatic heterocycles. The van der Waals surface area contributed by atoms with Gasteiger partial charge in [-0.1, -0.05) is 0 Å². The number of rotatable bonds is 3. The first-order chi connectivity index (χ1) is 15.5. The van der Waals surface area contributed by atoms with Crippen molar-refractivity contribution in [1.82, 2.24) is 9.97 Å². The van der Waals surface area contributed by atoms with Gasteiger partial charge in [0, 0.05) is 28.9 Å². The fourth-order valence-electron chi connectivity index (χ4n) is 3.59. The summed E-state index contributed by atoms with van der Waals surface area (Å²) in [5.74, 6) is 0.360. The highest BCUT2D eigenvalue weighted by molar-refractivity contribution is 5.96. The van der Waals surface area contributed by atoms with Crippen LogP contribution in [-0.4, -0.2) is 40.9 Å². The van der Waals surface area contributed by atoms with Crippen molar-refractivity contribution in [1.29, 1.82) is 0 Å². The Morgan fingerprint density at radius 1 is 1.15 bits per heavy atom. The lowest BCUT2D eigenvalue weighted by atomic mass is 10.0. The molecule has 1 amide bonds. The van der Waals surface area contributed by atoms with E-state index in [9.17, 15) is 4.79 Å². The summed E-state index contributed by atoms with van der Waals surface area (Å²) in [6, 6.07) is 4.72. The average Bonchev–Trinajstić information content (AvgIpc) is 2.72. The summed E-state index contributed by atoms with van der Waals surface area (Å²) < 4.78 is 32.7. The molecule has 0 atom stereocenters. The molecule has 3 aromatic rings. The number of carbonyl (C=O) groups excluding carboxylic acids is 1. The predicted molar refractivity (Wildman–Crippen MR) is 124 cm³/mol. The van der Waals surface area contributed by atoms with E-state index in [0.29, 0.717) is 33.6 Å². The molecule has 0 bridgehead atoms. The summed E-state index contributed by atoms with van der Waals surface area (Å²) in [6.45, 7) is 9.55. The Balaban J connectivity index is 1.92. The van der Waals surface area contributed by atoms with Crippen molar-refractivity contribution >= 4 is 28.4 Å². The van der Waals surface area contributed by atoms with E-state index < -0.39 is 17.5 Å². The first kappa shape index (κ1) is 22.6. The highest BCUT2D eigenvalue weighted by atomic mass is 19.1. The van der Waals surface area contributed by atoms with Gasteiger partial charge in [0.15, 0.2) is 11.4 Å². The first-order valence-electron chi connectivity index (χ1n) is 10.7. The number of nitrogen functional groups attached to an aromatic ring is 1. The normalized spacial score (nSPS) is 13.6. The number of ether oxygens (including phenoxy) is 3. The van der Waals surface area contributed by atoms with Gasteiger partial charge in [-0.25, -0.2) is 19.2 Å². The summed E-state index contributed by atoms with van der Waals surface area (Å²) in [4.78, 5) is 22.8. The van der Waals surface area contributed by atoms with Gasteiger partial charge in [0.05, 0.1) is 12.6 Å². The van der Waals surface area contributed by atoms with E-state index in [1.54, 1.807) is 32.9 Å². The van der Waals surface area contributed by atoms with Crippen LogP contribution in [0, 0.1) is 5.82 Å². The van der Waals surface area contributed by atoms with Crippen LogP contribution in [-0.2, 0) is 4.74 Å². The summed E-state index contributed by atoms with van der Waals surface area (Å²) in [5, 5.41) is 1.33. The highest BCUT2D eigenvalue weighted by Crippen LogP contribution is 2.46. The first-order valence-corrected chi connectivity index (χ1v) is 10.7. The third-order valence-electron chi connectivity index (χ3n) is 4.88. The standard InChI is InChI=1S/C24H27FN4O4/c1-13(2)32-21-17(16-8-14-10-19(26)27-11-15(14)9-18(16)25)12-28-22-20(21)29(6-7-31-22)23(30)33-24(3,4)5/h8-13H,6-7H2,1-5H3,(H2,26,27). The van der Waals surface area contributed by atoms with Crippen LogP contribution in [0.25, 0.3) is 21.9 Å². The number of nitrogens with zero attached hydrogens (tertiary/aromatic N) is 3. The smallest absolute Gasteiger partial charge is 0.415 e. The molecule has 174 valence electrons. The van der Waals surface area contributed by atoms with E-state index in [2.05, 4.69) is 9.97 Å². The molecular weight excluding hydrogens is 427 g/mol. The minimum atomic E-state index is -0.696. The van der Waals surface area contributed by atoms with Gasteiger partial charge in [-0.3, -0.25) is 4.90 Å². The van der Waals surface area contributed by atoms with Gasteiger partial charge in [0.2, 0.25) is 5.88 Å². The Hall–Kier alpha value is -3.62. The van der Waals surface area contributed by atoms with E-state index >= 15 is 4.39 Å². The molecule has 4 rings (SSSR count).